The predicted molar refractivity (Wildman–Crippen MR) is 106 cm³/mol. The zero-order valence-electron chi connectivity index (χ0n) is 16.1. The third-order valence-corrected chi connectivity index (χ3v) is 6.88. The smallest absolute Gasteiger partial charge is 0.175 e. The highest BCUT2D eigenvalue weighted by atomic mass is 32.2. The average Bonchev–Trinajstić information content (AvgIpc) is 3.09. The van der Waals surface area contributed by atoms with Gasteiger partial charge >= 0.3 is 0 Å². The summed E-state index contributed by atoms with van der Waals surface area (Å²) in [5.41, 5.74) is 2.22. The molecule has 2 aromatic carbocycles. The SMILES string of the molecule is COc1ccc([C@@H](C)CC2CC[C@H](c3ccc(S(C)(=O)=O)cc3)C2)cc1F. The zero-order valence-corrected chi connectivity index (χ0v) is 16.9. The highest BCUT2D eigenvalue weighted by molar-refractivity contribution is 7.90. The lowest BCUT2D eigenvalue weighted by atomic mass is 9.88. The first-order valence-corrected chi connectivity index (χ1v) is 11.3. The lowest BCUT2D eigenvalue weighted by Crippen LogP contribution is -2.04. The van der Waals surface area contributed by atoms with Crippen molar-refractivity contribution >= 4 is 9.84 Å². The topological polar surface area (TPSA) is 43.4 Å². The Kier molecular flexibility index (Phi) is 5.89. The van der Waals surface area contributed by atoms with Crippen molar-refractivity contribution in [3.05, 3.63) is 59.4 Å². The van der Waals surface area contributed by atoms with Crippen molar-refractivity contribution in [3.63, 3.8) is 0 Å². The molecule has 1 fully saturated rings. The summed E-state index contributed by atoms with van der Waals surface area (Å²) in [7, 11) is -1.67. The van der Waals surface area contributed by atoms with Crippen LogP contribution in [0.4, 0.5) is 4.39 Å². The van der Waals surface area contributed by atoms with Gasteiger partial charge in [0.2, 0.25) is 0 Å². The summed E-state index contributed by atoms with van der Waals surface area (Å²) in [6.45, 7) is 2.15. The highest BCUT2D eigenvalue weighted by Crippen LogP contribution is 2.42. The van der Waals surface area contributed by atoms with Gasteiger partial charge in [-0.25, -0.2) is 12.8 Å². The minimum absolute atomic E-state index is 0.282. The Morgan fingerprint density at radius 1 is 1.15 bits per heavy atom. The molecule has 3 atom stereocenters. The normalized spacial score (nSPS) is 21.2. The second-order valence-electron chi connectivity index (χ2n) is 7.75. The molecule has 5 heteroatoms. The van der Waals surface area contributed by atoms with Crippen molar-refractivity contribution in [2.75, 3.05) is 13.4 Å². The fourth-order valence-corrected chi connectivity index (χ4v) is 4.83. The van der Waals surface area contributed by atoms with Gasteiger partial charge in [0.15, 0.2) is 21.4 Å². The third-order valence-electron chi connectivity index (χ3n) is 5.75. The lowest BCUT2D eigenvalue weighted by molar-refractivity contribution is 0.385. The van der Waals surface area contributed by atoms with E-state index in [0.717, 1.165) is 31.2 Å². The van der Waals surface area contributed by atoms with E-state index in [2.05, 4.69) is 6.92 Å². The summed E-state index contributed by atoms with van der Waals surface area (Å²) in [4.78, 5) is 0.371. The fourth-order valence-electron chi connectivity index (χ4n) is 4.20. The highest BCUT2D eigenvalue weighted by Gasteiger charge is 2.27. The number of methoxy groups -OCH3 is 1. The summed E-state index contributed by atoms with van der Waals surface area (Å²) in [6.07, 6.45) is 5.63. The molecule has 0 spiro atoms. The van der Waals surface area contributed by atoms with Crippen molar-refractivity contribution in [1.29, 1.82) is 0 Å². The zero-order chi connectivity index (χ0) is 19.6. The van der Waals surface area contributed by atoms with Gasteiger partial charge in [0.1, 0.15) is 0 Å². The predicted octanol–water partition coefficient (Wildman–Crippen LogP) is 5.32. The van der Waals surface area contributed by atoms with Gasteiger partial charge < -0.3 is 4.74 Å². The van der Waals surface area contributed by atoms with Gasteiger partial charge in [-0.3, -0.25) is 0 Å². The van der Waals surface area contributed by atoms with Crippen molar-refractivity contribution in [2.45, 2.75) is 49.3 Å². The number of hydrogen-bond acceptors (Lipinski definition) is 3. The molecular weight excluding hydrogens is 363 g/mol. The molecule has 146 valence electrons. The molecule has 0 amide bonds. The van der Waals surface area contributed by atoms with E-state index in [4.69, 9.17) is 4.74 Å². The number of halogens is 1. The van der Waals surface area contributed by atoms with Crippen LogP contribution in [0.2, 0.25) is 0 Å². The van der Waals surface area contributed by atoms with E-state index in [1.54, 1.807) is 24.3 Å². The summed E-state index contributed by atoms with van der Waals surface area (Å²) < 4.78 is 42.2. The molecule has 27 heavy (non-hydrogen) atoms. The maximum Gasteiger partial charge on any atom is 0.175 e. The van der Waals surface area contributed by atoms with E-state index < -0.39 is 9.84 Å². The van der Waals surface area contributed by atoms with E-state index in [1.165, 1.54) is 18.9 Å². The number of benzene rings is 2. The van der Waals surface area contributed by atoms with E-state index in [1.807, 2.05) is 18.2 Å². The van der Waals surface area contributed by atoms with Gasteiger partial charge in [0.05, 0.1) is 12.0 Å². The Morgan fingerprint density at radius 3 is 2.44 bits per heavy atom. The summed E-state index contributed by atoms with van der Waals surface area (Å²) in [5, 5.41) is 0. The number of rotatable bonds is 6. The largest absolute Gasteiger partial charge is 0.494 e. The fraction of sp³-hybridized carbons (Fsp3) is 0.455. The monoisotopic (exact) mass is 390 g/mol. The molecule has 1 aliphatic carbocycles. The van der Waals surface area contributed by atoms with Gasteiger partial charge in [0, 0.05) is 6.26 Å². The van der Waals surface area contributed by atoms with Gasteiger partial charge in [0.25, 0.3) is 0 Å². The second kappa shape index (κ2) is 8.01. The Balaban J connectivity index is 1.61. The van der Waals surface area contributed by atoms with Gasteiger partial charge in [-0.1, -0.05) is 25.1 Å². The average molecular weight is 391 g/mol. The van der Waals surface area contributed by atoms with E-state index >= 15 is 0 Å². The van der Waals surface area contributed by atoms with Crippen LogP contribution in [0.15, 0.2) is 47.4 Å². The quantitative estimate of drug-likeness (QED) is 0.671. The molecule has 1 aliphatic rings. The molecule has 0 aliphatic heterocycles. The summed E-state index contributed by atoms with van der Waals surface area (Å²) in [6, 6.07) is 12.5. The Labute approximate surface area is 161 Å². The van der Waals surface area contributed by atoms with Gasteiger partial charge in [-0.15, -0.1) is 0 Å². The molecule has 0 radical (unpaired) electrons. The number of ether oxygens (including phenoxy) is 1. The van der Waals surface area contributed by atoms with E-state index in [0.29, 0.717) is 22.6 Å². The van der Waals surface area contributed by atoms with Crippen molar-refractivity contribution < 1.29 is 17.5 Å². The molecule has 0 aromatic heterocycles. The lowest BCUT2D eigenvalue weighted by Gasteiger charge is -2.18. The number of sulfone groups is 1. The van der Waals surface area contributed by atoms with Gasteiger partial charge in [-0.2, -0.15) is 0 Å². The van der Waals surface area contributed by atoms with Crippen LogP contribution in [0.1, 0.15) is 55.6 Å². The van der Waals surface area contributed by atoms with Crippen LogP contribution >= 0.6 is 0 Å². The van der Waals surface area contributed by atoms with Crippen LogP contribution in [-0.2, 0) is 9.84 Å². The Bertz CT molecular complexity index is 890. The van der Waals surface area contributed by atoms with Gasteiger partial charge in [-0.05, 0) is 78.8 Å². The molecule has 0 bridgehead atoms. The van der Waals surface area contributed by atoms with Crippen LogP contribution in [0.25, 0.3) is 0 Å². The van der Waals surface area contributed by atoms with Crippen molar-refractivity contribution in [2.24, 2.45) is 5.92 Å². The first-order valence-electron chi connectivity index (χ1n) is 9.41. The minimum Gasteiger partial charge on any atom is -0.494 e. The molecule has 0 N–H and O–H groups in total. The van der Waals surface area contributed by atoms with Crippen LogP contribution in [0, 0.1) is 11.7 Å². The maximum absolute atomic E-state index is 14.0. The summed E-state index contributed by atoms with van der Waals surface area (Å²) >= 11 is 0. The molecule has 1 unspecified atom stereocenters. The van der Waals surface area contributed by atoms with Crippen LogP contribution in [0.3, 0.4) is 0 Å². The van der Waals surface area contributed by atoms with Crippen LogP contribution < -0.4 is 4.74 Å². The maximum atomic E-state index is 14.0. The minimum atomic E-state index is -3.15. The Morgan fingerprint density at radius 2 is 1.85 bits per heavy atom. The molecule has 1 saturated carbocycles. The molecular formula is C22H27FO3S. The number of hydrogen-bond donors (Lipinski definition) is 0. The van der Waals surface area contributed by atoms with Crippen LogP contribution in [-0.4, -0.2) is 21.8 Å². The third kappa shape index (κ3) is 4.70. The molecule has 0 saturated heterocycles. The second-order valence-corrected chi connectivity index (χ2v) is 9.76. The molecule has 0 heterocycles. The van der Waals surface area contributed by atoms with Crippen LogP contribution in [0.5, 0.6) is 5.75 Å². The molecule has 2 aromatic rings. The van der Waals surface area contributed by atoms with E-state index in [9.17, 15) is 12.8 Å². The Hall–Kier alpha value is -1.88. The molecule has 3 nitrogen and oxygen atoms in total. The first kappa shape index (κ1) is 19.9. The van der Waals surface area contributed by atoms with Crippen molar-refractivity contribution in [3.8, 4) is 5.75 Å². The van der Waals surface area contributed by atoms with Crippen molar-refractivity contribution in [1.82, 2.24) is 0 Å². The molecule has 3 rings (SSSR count). The standard InChI is InChI=1S/C22H27FO3S/c1-15(18-8-11-22(26-2)21(23)14-18)12-16-4-5-19(13-16)17-6-9-20(10-7-17)27(3,24)25/h6-11,14-16,19H,4-5,12-13H2,1-3H3/t15-,16?,19-/m0/s1. The van der Waals surface area contributed by atoms with E-state index in [-0.39, 0.29) is 11.6 Å². The first-order chi connectivity index (χ1) is 12.8. The summed E-state index contributed by atoms with van der Waals surface area (Å²) in [5.74, 6) is 1.34.